The van der Waals surface area contributed by atoms with Gasteiger partial charge in [-0.2, -0.15) is 0 Å². The molecular weight excluding hydrogens is 484 g/mol. The Morgan fingerprint density at radius 1 is 1.00 bits per heavy atom. The number of ether oxygens (including phenoxy) is 1. The van der Waals surface area contributed by atoms with Crippen LogP contribution in [-0.4, -0.2) is 37.2 Å². The molecule has 0 fully saturated rings. The van der Waals surface area contributed by atoms with Gasteiger partial charge in [-0.3, -0.25) is 14.4 Å². The van der Waals surface area contributed by atoms with Gasteiger partial charge >= 0.3 is 0 Å². The normalized spacial score (nSPS) is 15.3. The third kappa shape index (κ3) is 4.62. The molecule has 5 rings (SSSR count). The smallest absolute Gasteiger partial charge is 0.269 e. The zero-order valence-electron chi connectivity index (χ0n) is 19.0. The zero-order chi connectivity index (χ0) is 24.6. The fraction of sp³-hybridized carbons (Fsp3) is 0.160. The van der Waals surface area contributed by atoms with Gasteiger partial charge in [-0.25, -0.2) is 8.42 Å². The van der Waals surface area contributed by atoms with E-state index in [2.05, 4.69) is 15.5 Å². The van der Waals surface area contributed by atoms with Gasteiger partial charge in [-0.05, 0) is 43.7 Å². The highest BCUT2D eigenvalue weighted by Crippen LogP contribution is 2.38. The van der Waals surface area contributed by atoms with Crippen molar-refractivity contribution in [1.82, 2.24) is 10.2 Å². The third-order valence-corrected chi connectivity index (χ3v) is 8.24. The second-order valence-corrected chi connectivity index (χ2v) is 11.0. The molecule has 0 bridgehead atoms. The number of carbonyl (C=O) groups excluding carboxylic acids is 1. The molecule has 3 aromatic carbocycles. The number of sulfonamides is 1. The number of aromatic nitrogens is 2. The Labute approximate surface area is 207 Å². The summed E-state index contributed by atoms with van der Waals surface area (Å²) >= 11 is 1.23. The number of aryl methyl sites for hydroxylation is 2. The van der Waals surface area contributed by atoms with Crippen LogP contribution in [0.15, 0.2) is 77.7 Å². The van der Waals surface area contributed by atoms with Crippen molar-refractivity contribution in [2.24, 2.45) is 0 Å². The van der Waals surface area contributed by atoms with E-state index in [0.717, 1.165) is 16.7 Å². The van der Waals surface area contributed by atoms with Crippen LogP contribution in [0.2, 0.25) is 0 Å². The number of carbonyl (C=O) groups is 1. The highest BCUT2D eigenvalue weighted by molar-refractivity contribution is 7.92. The summed E-state index contributed by atoms with van der Waals surface area (Å²) in [5, 5.41) is 11.9. The van der Waals surface area contributed by atoms with Gasteiger partial charge in [0.15, 0.2) is 6.10 Å². The quantitative estimate of drug-likeness (QED) is 0.430. The molecule has 1 aliphatic heterocycles. The van der Waals surface area contributed by atoms with Crippen molar-refractivity contribution < 1.29 is 17.9 Å². The third-order valence-electron chi connectivity index (χ3n) is 5.56. The predicted octanol–water partition coefficient (Wildman–Crippen LogP) is 4.42. The molecule has 1 aliphatic rings. The van der Waals surface area contributed by atoms with Crippen molar-refractivity contribution in [3.63, 3.8) is 0 Å². The minimum atomic E-state index is -3.92. The minimum Gasteiger partial charge on any atom is -0.476 e. The summed E-state index contributed by atoms with van der Waals surface area (Å²) in [6.07, 6.45) is -1.07. The number of hydrogen-bond acceptors (Lipinski definition) is 7. The van der Waals surface area contributed by atoms with Gasteiger partial charge in [-0.1, -0.05) is 65.4 Å². The van der Waals surface area contributed by atoms with Crippen LogP contribution in [0.3, 0.4) is 0 Å². The van der Waals surface area contributed by atoms with E-state index in [-0.39, 0.29) is 11.4 Å². The van der Waals surface area contributed by atoms with E-state index in [9.17, 15) is 13.2 Å². The summed E-state index contributed by atoms with van der Waals surface area (Å²) in [6.45, 7) is 3.70. The van der Waals surface area contributed by atoms with E-state index in [1.54, 1.807) is 30.3 Å². The molecule has 1 amide bonds. The Balaban J connectivity index is 1.41. The van der Waals surface area contributed by atoms with Gasteiger partial charge in [0.2, 0.25) is 5.13 Å². The molecule has 1 atom stereocenters. The Bertz CT molecular complexity index is 1490. The highest BCUT2D eigenvalue weighted by Gasteiger charge is 2.38. The molecule has 10 heteroatoms. The first-order valence-corrected chi connectivity index (χ1v) is 13.1. The molecule has 0 aliphatic carbocycles. The maximum Gasteiger partial charge on any atom is 0.269 e. The first-order valence-electron chi connectivity index (χ1n) is 10.9. The fourth-order valence-electron chi connectivity index (χ4n) is 3.72. The number of nitrogens with zero attached hydrogens (tertiary/aromatic N) is 3. The summed E-state index contributed by atoms with van der Waals surface area (Å²) in [7, 11) is -3.92. The van der Waals surface area contributed by atoms with Crippen LogP contribution in [0, 0.1) is 13.8 Å². The SMILES string of the molecule is Cc1ccc(-c2nnc(NC(=O)[C@H]3CN(S(=O)(=O)c4ccccc4)c4ccc(C)cc4O3)s2)cc1. The average Bonchev–Trinajstić information content (AvgIpc) is 3.32. The lowest BCUT2D eigenvalue weighted by molar-refractivity contribution is -0.122. The van der Waals surface area contributed by atoms with Crippen LogP contribution in [0.1, 0.15) is 11.1 Å². The van der Waals surface area contributed by atoms with E-state index in [0.29, 0.717) is 21.6 Å². The summed E-state index contributed by atoms with van der Waals surface area (Å²) in [4.78, 5) is 13.3. The molecule has 35 heavy (non-hydrogen) atoms. The second kappa shape index (κ2) is 9.12. The van der Waals surface area contributed by atoms with Crippen molar-refractivity contribution in [1.29, 1.82) is 0 Å². The van der Waals surface area contributed by atoms with Crippen LogP contribution >= 0.6 is 11.3 Å². The Hall–Kier alpha value is -3.76. The molecular formula is C25H22N4O4S2. The van der Waals surface area contributed by atoms with Crippen molar-refractivity contribution in [2.45, 2.75) is 24.8 Å². The molecule has 0 radical (unpaired) electrons. The molecule has 4 aromatic rings. The summed E-state index contributed by atoms with van der Waals surface area (Å²) in [5.41, 5.74) is 3.30. The van der Waals surface area contributed by atoms with E-state index >= 15 is 0 Å². The van der Waals surface area contributed by atoms with Gasteiger partial charge in [0.05, 0.1) is 17.1 Å². The maximum absolute atomic E-state index is 13.5. The summed E-state index contributed by atoms with van der Waals surface area (Å²) in [6, 6.07) is 21.2. The standard InChI is InChI=1S/C25H22N4O4S2/c1-16-8-11-18(12-9-16)24-27-28-25(34-24)26-23(30)22-15-29(20-13-10-17(2)14-21(20)33-22)35(31,32)19-6-4-3-5-7-19/h3-14,22H,15H2,1-2H3,(H,26,28,30)/t22-/m1/s1. The average molecular weight is 507 g/mol. The first kappa shape index (κ1) is 23.0. The van der Waals surface area contributed by atoms with Gasteiger partial charge in [0, 0.05) is 5.56 Å². The highest BCUT2D eigenvalue weighted by atomic mass is 32.2. The van der Waals surface area contributed by atoms with E-state index in [1.807, 2.05) is 44.2 Å². The van der Waals surface area contributed by atoms with Crippen LogP contribution in [0.5, 0.6) is 5.75 Å². The topological polar surface area (TPSA) is 101 Å². The Morgan fingerprint density at radius 3 is 2.46 bits per heavy atom. The molecule has 0 spiro atoms. The molecule has 0 saturated carbocycles. The van der Waals surface area contributed by atoms with Gasteiger partial charge in [0.1, 0.15) is 10.8 Å². The molecule has 2 heterocycles. The second-order valence-electron chi connectivity index (χ2n) is 8.19. The zero-order valence-corrected chi connectivity index (χ0v) is 20.6. The van der Waals surface area contributed by atoms with Crippen molar-refractivity contribution in [3.8, 4) is 16.3 Å². The number of hydrogen-bond donors (Lipinski definition) is 1. The molecule has 1 aromatic heterocycles. The van der Waals surface area contributed by atoms with Crippen LogP contribution in [-0.2, 0) is 14.8 Å². The van der Waals surface area contributed by atoms with E-state index in [4.69, 9.17) is 4.74 Å². The van der Waals surface area contributed by atoms with Gasteiger partial charge < -0.3 is 4.74 Å². The monoisotopic (exact) mass is 506 g/mol. The number of benzene rings is 3. The first-order chi connectivity index (χ1) is 16.8. The van der Waals surface area contributed by atoms with Crippen molar-refractivity contribution in [2.75, 3.05) is 16.2 Å². The molecule has 178 valence electrons. The maximum atomic E-state index is 13.5. The van der Waals surface area contributed by atoms with Crippen molar-refractivity contribution >= 4 is 38.1 Å². The van der Waals surface area contributed by atoms with Crippen LogP contribution in [0.25, 0.3) is 10.6 Å². The number of nitrogens with one attached hydrogen (secondary N) is 1. The van der Waals surface area contributed by atoms with Crippen LogP contribution < -0.4 is 14.4 Å². The van der Waals surface area contributed by atoms with Crippen LogP contribution in [0.4, 0.5) is 10.8 Å². The van der Waals surface area contributed by atoms with E-state index < -0.39 is 22.0 Å². The number of rotatable bonds is 5. The largest absolute Gasteiger partial charge is 0.476 e. The molecule has 0 saturated heterocycles. The van der Waals surface area contributed by atoms with Gasteiger partial charge in [0.25, 0.3) is 15.9 Å². The van der Waals surface area contributed by atoms with E-state index in [1.165, 1.54) is 27.8 Å². The predicted molar refractivity (Wildman–Crippen MR) is 135 cm³/mol. The lowest BCUT2D eigenvalue weighted by atomic mass is 10.1. The molecule has 8 nitrogen and oxygen atoms in total. The Kier molecular flexibility index (Phi) is 6.00. The Morgan fingerprint density at radius 2 is 1.71 bits per heavy atom. The minimum absolute atomic E-state index is 0.138. The number of amides is 1. The lowest BCUT2D eigenvalue weighted by Gasteiger charge is -2.34. The molecule has 1 N–H and O–H groups in total. The molecule has 0 unspecified atom stereocenters. The van der Waals surface area contributed by atoms with Gasteiger partial charge in [-0.15, -0.1) is 10.2 Å². The number of fused-ring (bicyclic) bond motifs is 1. The van der Waals surface area contributed by atoms with Crippen molar-refractivity contribution in [3.05, 3.63) is 83.9 Å². The summed E-state index contributed by atoms with van der Waals surface area (Å²) < 4.78 is 34.1. The number of anilines is 2. The fourth-order valence-corrected chi connectivity index (χ4v) is 5.97. The lowest BCUT2D eigenvalue weighted by Crippen LogP contribution is -2.48. The summed E-state index contributed by atoms with van der Waals surface area (Å²) in [5.74, 6) is -0.175.